The van der Waals surface area contributed by atoms with Crippen LogP contribution in [0.4, 0.5) is 0 Å². The van der Waals surface area contributed by atoms with Crippen molar-refractivity contribution in [3.05, 3.63) is 22.6 Å². The predicted molar refractivity (Wildman–Crippen MR) is 69.8 cm³/mol. The number of hydrogen-bond acceptors (Lipinski definition) is 4. The van der Waals surface area contributed by atoms with Gasteiger partial charge in [-0.25, -0.2) is 0 Å². The molecule has 2 heterocycles. The van der Waals surface area contributed by atoms with E-state index in [0.29, 0.717) is 6.54 Å². The molecule has 0 spiro atoms. The highest BCUT2D eigenvalue weighted by molar-refractivity contribution is 9.10. The Hall–Kier alpha value is -0.360. The van der Waals surface area contributed by atoms with Crippen molar-refractivity contribution in [2.24, 2.45) is 5.73 Å². The summed E-state index contributed by atoms with van der Waals surface area (Å²) >= 11 is 3.50. The molecule has 0 amide bonds. The molecular weight excluding hydrogens is 284 g/mol. The van der Waals surface area contributed by atoms with E-state index in [-0.39, 0.29) is 11.6 Å². The van der Waals surface area contributed by atoms with Gasteiger partial charge in [0, 0.05) is 18.6 Å². The highest BCUT2D eigenvalue weighted by Gasteiger charge is 2.37. The molecule has 1 aromatic heterocycles. The Labute approximate surface area is 110 Å². The maximum Gasteiger partial charge on any atom is 0.136 e. The number of morpholine rings is 1. The maximum atomic E-state index is 5.92. The van der Waals surface area contributed by atoms with E-state index in [1.54, 1.807) is 6.26 Å². The van der Waals surface area contributed by atoms with Gasteiger partial charge < -0.3 is 14.9 Å². The number of nitrogens with zero attached hydrogens (tertiary/aromatic N) is 1. The SMILES string of the molecule is CC1(C)COCCN1C(CN)c1occc1Br. The lowest BCUT2D eigenvalue weighted by Gasteiger charge is -2.45. The Bertz CT molecular complexity index is 378. The van der Waals surface area contributed by atoms with Crippen molar-refractivity contribution < 1.29 is 9.15 Å². The zero-order valence-electron chi connectivity index (χ0n) is 10.3. The number of hydrogen-bond donors (Lipinski definition) is 1. The van der Waals surface area contributed by atoms with Gasteiger partial charge in [-0.05, 0) is 35.8 Å². The van der Waals surface area contributed by atoms with Gasteiger partial charge in [-0.1, -0.05) is 0 Å². The lowest BCUT2D eigenvalue weighted by molar-refractivity contribution is -0.0748. The average Bonchev–Trinajstić information content (AvgIpc) is 2.68. The van der Waals surface area contributed by atoms with Gasteiger partial charge in [0.1, 0.15) is 5.76 Å². The van der Waals surface area contributed by atoms with E-state index in [4.69, 9.17) is 14.9 Å². The molecule has 17 heavy (non-hydrogen) atoms. The summed E-state index contributed by atoms with van der Waals surface area (Å²) in [6.07, 6.45) is 1.69. The van der Waals surface area contributed by atoms with Crippen LogP contribution in [0.2, 0.25) is 0 Å². The molecule has 0 aromatic carbocycles. The lowest BCUT2D eigenvalue weighted by atomic mass is 9.98. The highest BCUT2D eigenvalue weighted by atomic mass is 79.9. The van der Waals surface area contributed by atoms with Crippen LogP contribution in [0.25, 0.3) is 0 Å². The van der Waals surface area contributed by atoms with Gasteiger partial charge in [0.2, 0.25) is 0 Å². The molecule has 1 aliphatic rings. The monoisotopic (exact) mass is 302 g/mol. The molecule has 0 saturated carbocycles. The highest BCUT2D eigenvalue weighted by Crippen LogP contribution is 2.34. The third kappa shape index (κ3) is 2.57. The number of nitrogens with two attached hydrogens (primary N) is 1. The minimum atomic E-state index is -0.0193. The van der Waals surface area contributed by atoms with Crippen molar-refractivity contribution in [3.8, 4) is 0 Å². The smallest absolute Gasteiger partial charge is 0.136 e. The first-order chi connectivity index (χ1) is 8.06. The van der Waals surface area contributed by atoms with E-state index in [1.807, 2.05) is 6.07 Å². The van der Waals surface area contributed by atoms with Crippen molar-refractivity contribution in [1.82, 2.24) is 4.90 Å². The van der Waals surface area contributed by atoms with Gasteiger partial charge in [-0.3, -0.25) is 4.90 Å². The zero-order chi connectivity index (χ0) is 12.5. The summed E-state index contributed by atoms with van der Waals surface area (Å²) in [6, 6.07) is 2.00. The van der Waals surface area contributed by atoms with E-state index in [0.717, 1.165) is 30.0 Å². The topological polar surface area (TPSA) is 51.6 Å². The van der Waals surface area contributed by atoms with Crippen LogP contribution in [-0.4, -0.2) is 36.7 Å². The van der Waals surface area contributed by atoms with Crippen molar-refractivity contribution in [1.29, 1.82) is 0 Å². The summed E-state index contributed by atoms with van der Waals surface area (Å²) in [4.78, 5) is 2.36. The van der Waals surface area contributed by atoms with Gasteiger partial charge in [-0.2, -0.15) is 0 Å². The fraction of sp³-hybridized carbons (Fsp3) is 0.667. The van der Waals surface area contributed by atoms with E-state index in [9.17, 15) is 0 Å². The van der Waals surface area contributed by atoms with Gasteiger partial charge in [0.25, 0.3) is 0 Å². The summed E-state index contributed by atoms with van der Waals surface area (Å²) in [5, 5.41) is 0. The normalized spacial score (nSPS) is 22.6. The van der Waals surface area contributed by atoms with Gasteiger partial charge in [0.05, 0.1) is 30.0 Å². The van der Waals surface area contributed by atoms with E-state index >= 15 is 0 Å². The van der Waals surface area contributed by atoms with Crippen molar-refractivity contribution in [2.45, 2.75) is 25.4 Å². The first kappa shape index (κ1) is 13.1. The van der Waals surface area contributed by atoms with Crippen LogP contribution in [0.1, 0.15) is 25.6 Å². The molecule has 4 nitrogen and oxygen atoms in total. The van der Waals surface area contributed by atoms with Crippen molar-refractivity contribution in [2.75, 3.05) is 26.3 Å². The molecule has 1 aliphatic heterocycles. The number of rotatable bonds is 3. The third-order valence-electron chi connectivity index (χ3n) is 3.26. The van der Waals surface area contributed by atoms with Crippen molar-refractivity contribution in [3.63, 3.8) is 0 Å². The number of furan rings is 1. The number of halogens is 1. The van der Waals surface area contributed by atoms with E-state index < -0.39 is 0 Å². The Morgan fingerprint density at radius 1 is 1.59 bits per heavy atom. The molecule has 5 heteroatoms. The zero-order valence-corrected chi connectivity index (χ0v) is 11.9. The Morgan fingerprint density at radius 2 is 2.35 bits per heavy atom. The summed E-state index contributed by atoms with van der Waals surface area (Å²) in [5.74, 6) is 0.905. The molecule has 96 valence electrons. The summed E-state index contributed by atoms with van der Waals surface area (Å²) in [7, 11) is 0. The van der Waals surface area contributed by atoms with Crippen LogP contribution < -0.4 is 5.73 Å². The Balaban J connectivity index is 2.26. The molecule has 2 rings (SSSR count). The van der Waals surface area contributed by atoms with E-state index in [2.05, 4.69) is 34.7 Å². The second-order valence-corrected chi connectivity index (χ2v) is 5.80. The first-order valence-electron chi connectivity index (χ1n) is 5.83. The summed E-state index contributed by atoms with van der Waals surface area (Å²) in [6.45, 7) is 7.23. The Kier molecular flexibility index (Phi) is 3.92. The van der Waals surface area contributed by atoms with E-state index in [1.165, 1.54) is 0 Å². The quantitative estimate of drug-likeness (QED) is 0.929. The first-order valence-corrected chi connectivity index (χ1v) is 6.63. The lowest BCUT2D eigenvalue weighted by Crippen LogP contribution is -2.55. The van der Waals surface area contributed by atoms with Crippen LogP contribution >= 0.6 is 15.9 Å². The fourth-order valence-electron chi connectivity index (χ4n) is 2.37. The Morgan fingerprint density at radius 3 is 2.88 bits per heavy atom. The molecular formula is C12H19BrN2O2. The van der Waals surface area contributed by atoms with Crippen molar-refractivity contribution >= 4 is 15.9 Å². The molecule has 1 aromatic rings. The molecule has 1 atom stereocenters. The fourth-order valence-corrected chi connectivity index (χ4v) is 2.83. The molecule has 0 aliphatic carbocycles. The van der Waals surface area contributed by atoms with Gasteiger partial charge >= 0.3 is 0 Å². The second-order valence-electron chi connectivity index (χ2n) is 4.94. The molecule has 0 bridgehead atoms. The predicted octanol–water partition coefficient (Wildman–Crippen LogP) is 2.15. The summed E-state index contributed by atoms with van der Waals surface area (Å²) in [5.41, 5.74) is 5.90. The molecule has 1 unspecified atom stereocenters. The van der Waals surface area contributed by atoms with Gasteiger partial charge in [0.15, 0.2) is 0 Å². The number of ether oxygens (including phenoxy) is 1. The molecule has 1 saturated heterocycles. The van der Waals surface area contributed by atoms with Crippen LogP contribution in [0.5, 0.6) is 0 Å². The molecule has 2 N–H and O–H groups in total. The molecule has 0 radical (unpaired) electrons. The van der Waals surface area contributed by atoms with Crippen LogP contribution in [0.15, 0.2) is 21.2 Å². The standard InChI is InChI=1S/C12H19BrN2O2/c1-12(2)8-16-6-4-15(12)10(7-14)11-9(13)3-5-17-11/h3,5,10H,4,6-8,14H2,1-2H3. The maximum absolute atomic E-state index is 5.92. The third-order valence-corrected chi connectivity index (χ3v) is 3.91. The van der Waals surface area contributed by atoms with Crippen LogP contribution in [0.3, 0.4) is 0 Å². The molecule has 1 fully saturated rings. The minimum absolute atomic E-state index is 0.0193. The summed E-state index contributed by atoms with van der Waals surface area (Å²) < 4.78 is 12.1. The minimum Gasteiger partial charge on any atom is -0.466 e. The van der Waals surface area contributed by atoms with Crippen LogP contribution in [-0.2, 0) is 4.74 Å². The second kappa shape index (κ2) is 5.10. The van der Waals surface area contributed by atoms with Crippen LogP contribution in [0, 0.1) is 0 Å². The largest absolute Gasteiger partial charge is 0.466 e. The van der Waals surface area contributed by atoms with Gasteiger partial charge in [-0.15, -0.1) is 0 Å². The average molecular weight is 303 g/mol.